The first kappa shape index (κ1) is 15.2. The number of rotatable bonds is 3. The zero-order chi connectivity index (χ0) is 16.4. The number of benzene rings is 1. The van der Waals surface area contributed by atoms with Gasteiger partial charge < -0.3 is 14.8 Å². The van der Waals surface area contributed by atoms with E-state index < -0.39 is 0 Å². The first-order valence-corrected chi connectivity index (χ1v) is 7.50. The van der Waals surface area contributed by atoms with Gasteiger partial charge in [-0.3, -0.25) is 10.00 Å². The van der Waals surface area contributed by atoms with Crippen LogP contribution in [0.1, 0.15) is 24.2 Å². The van der Waals surface area contributed by atoms with Crippen LogP contribution in [-0.4, -0.2) is 29.0 Å². The van der Waals surface area contributed by atoms with Crippen LogP contribution in [-0.2, 0) is 7.05 Å². The molecule has 0 bridgehead atoms. The SMILES string of the molecule is Cc1cc(NC(=O)N[C@H](C)c2ccc3c(c2)OCCO3)n(C)n1. The molecule has 0 saturated heterocycles. The highest BCUT2D eigenvalue weighted by molar-refractivity contribution is 5.88. The van der Waals surface area contributed by atoms with Gasteiger partial charge in [-0.2, -0.15) is 5.10 Å². The molecule has 0 fully saturated rings. The van der Waals surface area contributed by atoms with Crippen molar-refractivity contribution in [3.05, 3.63) is 35.5 Å². The maximum Gasteiger partial charge on any atom is 0.320 e. The molecule has 1 aromatic carbocycles. The van der Waals surface area contributed by atoms with E-state index in [0.29, 0.717) is 24.8 Å². The fourth-order valence-electron chi connectivity index (χ4n) is 2.49. The molecule has 1 aromatic heterocycles. The van der Waals surface area contributed by atoms with Crippen LogP contribution >= 0.6 is 0 Å². The molecule has 0 radical (unpaired) electrons. The molecular weight excluding hydrogens is 296 g/mol. The van der Waals surface area contributed by atoms with Crippen LogP contribution in [0.25, 0.3) is 0 Å². The van der Waals surface area contributed by atoms with Crippen molar-refractivity contribution >= 4 is 11.8 Å². The van der Waals surface area contributed by atoms with Crippen molar-refractivity contribution in [2.75, 3.05) is 18.5 Å². The molecule has 2 heterocycles. The Balaban J connectivity index is 1.65. The molecule has 122 valence electrons. The number of carbonyl (C=O) groups is 1. The fourth-order valence-corrected chi connectivity index (χ4v) is 2.49. The van der Waals surface area contributed by atoms with Gasteiger partial charge in [0.2, 0.25) is 0 Å². The van der Waals surface area contributed by atoms with E-state index in [2.05, 4.69) is 15.7 Å². The molecule has 0 saturated carbocycles. The van der Waals surface area contributed by atoms with Gasteiger partial charge in [0, 0.05) is 13.1 Å². The van der Waals surface area contributed by atoms with E-state index in [1.54, 1.807) is 11.7 Å². The van der Waals surface area contributed by atoms with Gasteiger partial charge in [0.25, 0.3) is 0 Å². The molecular formula is C16H20N4O3. The van der Waals surface area contributed by atoms with Gasteiger partial charge in [0.15, 0.2) is 11.5 Å². The minimum absolute atomic E-state index is 0.167. The number of urea groups is 1. The van der Waals surface area contributed by atoms with Crippen LogP contribution in [0.15, 0.2) is 24.3 Å². The third-order valence-electron chi connectivity index (χ3n) is 3.66. The third kappa shape index (κ3) is 3.39. The van der Waals surface area contributed by atoms with Gasteiger partial charge >= 0.3 is 6.03 Å². The van der Waals surface area contributed by atoms with Crippen molar-refractivity contribution in [1.82, 2.24) is 15.1 Å². The standard InChI is InChI=1S/C16H20N4O3/c1-10-8-15(20(3)19-10)18-16(21)17-11(2)12-4-5-13-14(9-12)23-7-6-22-13/h4-5,8-9,11H,6-7H2,1-3H3,(H2,17,18,21)/t11-/m1/s1. The Bertz CT molecular complexity index is 726. The van der Waals surface area contributed by atoms with Crippen molar-refractivity contribution in [3.8, 4) is 11.5 Å². The highest BCUT2D eigenvalue weighted by Crippen LogP contribution is 2.32. The summed E-state index contributed by atoms with van der Waals surface area (Å²) in [6.07, 6.45) is 0. The van der Waals surface area contributed by atoms with Gasteiger partial charge in [-0.05, 0) is 31.5 Å². The second kappa shape index (κ2) is 6.20. The first-order chi connectivity index (χ1) is 11.0. The lowest BCUT2D eigenvalue weighted by Gasteiger charge is -2.21. The van der Waals surface area contributed by atoms with Crippen LogP contribution in [0.4, 0.5) is 10.6 Å². The number of ether oxygens (including phenoxy) is 2. The quantitative estimate of drug-likeness (QED) is 0.911. The van der Waals surface area contributed by atoms with E-state index in [1.807, 2.05) is 38.1 Å². The highest BCUT2D eigenvalue weighted by atomic mass is 16.6. The Morgan fingerprint density at radius 2 is 2.00 bits per heavy atom. The number of anilines is 1. The largest absolute Gasteiger partial charge is 0.486 e. The Hall–Kier alpha value is -2.70. The van der Waals surface area contributed by atoms with Crippen molar-refractivity contribution in [2.24, 2.45) is 7.05 Å². The molecule has 0 spiro atoms. The zero-order valence-electron chi connectivity index (χ0n) is 13.4. The summed E-state index contributed by atoms with van der Waals surface area (Å²) in [7, 11) is 1.78. The smallest absolute Gasteiger partial charge is 0.320 e. The molecule has 2 N–H and O–H groups in total. The van der Waals surface area contributed by atoms with E-state index in [9.17, 15) is 4.79 Å². The maximum absolute atomic E-state index is 12.1. The maximum atomic E-state index is 12.1. The minimum atomic E-state index is -0.282. The number of aromatic nitrogens is 2. The number of fused-ring (bicyclic) bond motifs is 1. The van der Waals surface area contributed by atoms with E-state index in [4.69, 9.17) is 9.47 Å². The summed E-state index contributed by atoms with van der Waals surface area (Å²) in [5.41, 5.74) is 1.80. The van der Waals surface area contributed by atoms with Crippen molar-refractivity contribution in [3.63, 3.8) is 0 Å². The lowest BCUT2D eigenvalue weighted by molar-refractivity contribution is 0.171. The second-order valence-electron chi connectivity index (χ2n) is 5.52. The number of aryl methyl sites for hydroxylation is 2. The predicted molar refractivity (Wildman–Crippen MR) is 85.9 cm³/mol. The second-order valence-corrected chi connectivity index (χ2v) is 5.52. The van der Waals surface area contributed by atoms with E-state index >= 15 is 0 Å². The summed E-state index contributed by atoms with van der Waals surface area (Å²) in [5.74, 6) is 2.10. The number of hydrogen-bond donors (Lipinski definition) is 2. The molecule has 7 heteroatoms. The molecule has 0 aliphatic carbocycles. The molecule has 2 amide bonds. The Morgan fingerprint density at radius 3 is 2.70 bits per heavy atom. The number of nitrogens with one attached hydrogen (secondary N) is 2. The zero-order valence-corrected chi connectivity index (χ0v) is 13.4. The molecule has 7 nitrogen and oxygen atoms in total. The van der Waals surface area contributed by atoms with Crippen LogP contribution in [0.3, 0.4) is 0 Å². The third-order valence-corrected chi connectivity index (χ3v) is 3.66. The van der Waals surface area contributed by atoms with Crippen LogP contribution in [0.5, 0.6) is 11.5 Å². The molecule has 23 heavy (non-hydrogen) atoms. The Morgan fingerprint density at radius 1 is 1.26 bits per heavy atom. The van der Waals surface area contributed by atoms with E-state index in [0.717, 1.165) is 17.0 Å². The summed E-state index contributed by atoms with van der Waals surface area (Å²) in [4.78, 5) is 12.1. The number of amides is 2. The van der Waals surface area contributed by atoms with Gasteiger partial charge in [0.05, 0.1) is 11.7 Å². The van der Waals surface area contributed by atoms with Crippen LogP contribution in [0.2, 0.25) is 0 Å². The summed E-state index contributed by atoms with van der Waals surface area (Å²) in [6, 6.07) is 7.05. The number of nitrogens with zero attached hydrogens (tertiary/aromatic N) is 2. The highest BCUT2D eigenvalue weighted by Gasteiger charge is 2.16. The topological polar surface area (TPSA) is 77.4 Å². The normalized spacial score (nSPS) is 14.2. The van der Waals surface area contributed by atoms with Crippen LogP contribution < -0.4 is 20.1 Å². The molecule has 1 aliphatic heterocycles. The number of carbonyl (C=O) groups excluding carboxylic acids is 1. The summed E-state index contributed by atoms with van der Waals surface area (Å²) < 4.78 is 12.7. The Kier molecular flexibility index (Phi) is 4.10. The average molecular weight is 316 g/mol. The lowest BCUT2D eigenvalue weighted by Crippen LogP contribution is -2.31. The number of hydrogen-bond acceptors (Lipinski definition) is 4. The molecule has 2 aromatic rings. The van der Waals surface area contributed by atoms with Crippen LogP contribution in [0, 0.1) is 6.92 Å². The lowest BCUT2D eigenvalue weighted by atomic mass is 10.1. The summed E-state index contributed by atoms with van der Waals surface area (Å²) >= 11 is 0. The summed E-state index contributed by atoms with van der Waals surface area (Å²) in [5, 5.41) is 9.88. The molecule has 3 rings (SSSR count). The summed E-state index contributed by atoms with van der Waals surface area (Å²) in [6.45, 7) is 4.89. The van der Waals surface area contributed by atoms with E-state index in [1.165, 1.54) is 0 Å². The monoisotopic (exact) mass is 316 g/mol. The minimum Gasteiger partial charge on any atom is -0.486 e. The predicted octanol–water partition coefficient (Wildman–Crippen LogP) is 2.38. The van der Waals surface area contributed by atoms with Gasteiger partial charge in [-0.1, -0.05) is 6.07 Å². The molecule has 0 unspecified atom stereocenters. The van der Waals surface area contributed by atoms with Gasteiger partial charge in [0.1, 0.15) is 19.0 Å². The van der Waals surface area contributed by atoms with E-state index in [-0.39, 0.29) is 12.1 Å². The molecule has 1 atom stereocenters. The first-order valence-electron chi connectivity index (χ1n) is 7.50. The fraction of sp³-hybridized carbons (Fsp3) is 0.375. The average Bonchev–Trinajstić information content (AvgIpc) is 2.84. The van der Waals surface area contributed by atoms with Gasteiger partial charge in [-0.15, -0.1) is 0 Å². The molecule has 1 aliphatic rings. The van der Waals surface area contributed by atoms with Gasteiger partial charge in [-0.25, -0.2) is 4.79 Å². The Labute approximate surface area is 134 Å². The van der Waals surface area contributed by atoms with Crippen molar-refractivity contribution < 1.29 is 14.3 Å². The van der Waals surface area contributed by atoms with Crippen molar-refractivity contribution in [2.45, 2.75) is 19.9 Å². The van der Waals surface area contributed by atoms with Crippen molar-refractivity contribution in [1.29, 1.82) is 0 Å².